The Morgan fingerprint density at radius 3 is 2.05 bits per heavy atom. The van der Waals surface area contributed by atoms with Crippen LogP contribution in [0.2, 0.25) is 0 Å². The monoisotopic (exact) mass is 314 g/mol. The van der Waals surface area contributed by atoms with E-state index in [1.807, 2.05) is 0 Å². The third-order valence-corrected chi connectivity index (χ3v) is 2.82. The summed E-state index contributed by atoms with van der Waals surface area (Å²) in [6, 6.07) is 6.15. The van der Waals surface area contributed by atoms with Crippen molar-refractivity contribution < 1.29 is 19.8 Å². The van der Waals surface area contributed by atoms with Gasteiger partial charge >= 0.3 is 47.2 Å². The molecule has 3 N–H and O–H groups in total. The zero-order chi connectivity index (χ0) is 15.7. The number of aromatic nitrogens is 2. The summed E-state index contributed by atoms with van der Waals surface area (Å²) in [6.07, 6.45) is 0. The van der Waals surface area contributed by atoms with Crippen LogP contribution >= 0.6 is 0 Å². The van der Waals surface area contributed by atoms with Crippen LogP contribution < -0.4 is 11.2 Å². The minimum absolute atomic E-state index is 0. The molecule has 0 saturated carbocycles. The van der Waals surface area contributed by atoms with Crippen molar-refractivity contribution in [2.24, 2.45) is 0 Å². The van der Waals surface area contributed by atoms with E-state index in [0.717, 1.165) is 5.56 Å². The van der Waals surface area contributed by atoms with E-state index >= 15 is 0 Å². The fourth-order valence-electron chi connectivity index (χ4n) is 1.88. The predicted molar refractivity (Wildman–Crippen MR) is 78.5 cm³/mol. The number of nitrogens with zero attached hydrogens (tertiary/aromatic N) is 1. The van der Waals surface area contributed by atoms with E-state index in [4.69, 9.17) is 5.11 Å². The van der Waals surface area contributed by atoms with Crippen molar-refractivity contribution in [2.45, 2.75) is 6.92 Å². The van der Waals surface area contributed by atoms with E-state index in [2.05, 4.69) is 0 Å². The number of carboxylic acids is 2. The Morgan fingerprint density at radius 1 is 1.05 bits per heavy atom. The maximum absolute atomic E-state index is 11.9. The van der Waals surface area contributed by atoms with Gasteiger partial charge in [0, 0.05) is 0 Å². The van der Waals surface area contributed by atoms with Gasteiger partial charge in [-0.3, -0.25) is 14.3 Å². The van der Waals surface area contributed by atoms with Gasteiger partial charge in [-0.05, 0) is 19.1 Å². The number of hydrogen-bond donors (Lipinski definition) is 3. The molecule has 0 aliphatic rings. The molecule has 0 amide bonds. The Kier molecular flexibility index (Phi) is 5.48. The first-order valence-corrected chi connectivity index (χ1v) is 5.76. The second-order valence-electron chi connectivity index (χ2n) is 4.26. The summed E-state index contributed by atoms with van der Waals surface area (Å²) < 4.78 is 0.645. The average Bonchev–Trinajstić information content (AvgIpc) is 2.38. The Labute approximate surface area is 145 Å². The number of aryl methyl sites for hydroxylation is 1. The Morgan fingerprint density at radius 2 is 1.59 bits per heavy atom. The number of rotatable bonds is 3. The predicted octanol–water partition coefficient (Wildman–Crippen LogP) is -0.418. The summed E-state index contributed by atoms with van der Waals surface area (Å²) in [5.41, 5.74) is -3.16. The molecule has 8 nitrogen and oxygen atoms in total. The SMILES string of the molecule is Cc1ccc(-n2c(C(=O)O)c(C(=O)O)c(=O)[nH]c2=O)cc1.[NaH]. The average molecular weight is 314 g/mol. The normalized spacial score (nSPS) is 9.86. The second kappa shape index (κ2) is 6.73. The van der Waals surface area contributed by atoms with Crippen molar-refractivity contribution in [1.29, 1.82) is 0 Å². The second-order valence-corrected chi connectivity index (χ2v) is 4.26. The van der Waals surface area contributed by atoms with Gasteiger partial charge in [0.25, 0.3) is 5.56 Å². The minimum atomic E-state index is -1.73. The van der Waals surface area contributed by atoms with Crippen molar-refractivity contribution in [1.82, 2.24) is 9.55 Å². The molecule has 0 unspecified atom stereocenters. The third kappa shape index (κ3) is 3.19. The molecule has 1 aromatic heterocycles. The zero-order valence-corrected chi connectivity index (χ0v) is 10.8. The van der Waals surface area contributed by atoms with Crippen LogP contribution in [0, 0.1) is 6.92 Å². The molecule has 2 aromatic rings. The van der Waals surface area contributed by atoms with Crippen LogP contribution in [0.1, 0.15) is 26.4 Å². The van der Waals surface area contributed by atoms with Gasteiger partial charge in [0.2, 0.25) is 0 Å². The molecule has 0 atom stereocenters. The molecule has 0 spiro atoms. The Hall–Kier alpha value is -2.16. The van der Waals surface area contributed by atoms with E-state index in [-0.39, 0.29) is 35.2 Å². The molecule has 0 saturated heterocycles. The van der Waals surface area contributed by atoms with Crippen LogP contribution in [0.25, 0.3) is 5.69 Å². The first kappa shape index (κ1) is 17.9. The van der Waals surface area contributed by atoms with Crippen molar-refractivity contribution in [3.05, 3.63) is 61.9 Å². The zero-order valence-electron chi connectivity index (χ0n) is 10.8. The molecule has 0 aliphatic carbocycles. The summed E-state index contributed by atoms with van der Waals surface area (Å²) >= 11 is 0. The van der Waals surface area contributed by atoms with Crippen LogP contribution in [0.3, 0.4) is 0 Å². The van der Waals surface area contributed by atoms with E-state index in [0.29, 0.717) is 4.57 Å². The van der Waals surface area contributed by atoms with E-state index in [9.17, 15) is 24.3 Å². The Bertz CT molecular complexity index is 850. The molecule has 0 fully saturated rings. The van der Waals surface area contributed by atoms with Crippen LogP contribution in [-0.4, -0.2) is 61.3 Å². The van der Waals surface area contributed by atoms with Crippen molar-refractivity contribution >= 4 is 41.5 Å². The van der Waals surface area contributed by atoms with Gasteiger partial charge < -0.3 is 10.2 Å². The maximum atomic E-state index is 11.9. The molecular weight excluding hydrogens is 303 g/mol. The van der Waals surface area contributed by atoms with Crippen molar-refractivity contribution in [3.8, 4) is 5.69 Å². The van der Waals surface area contributed by atoms with Crippen LogP contribution in [0.15, 0.2) is 33.9 Å². The number of carboxylic acid groups (broad SMARTS) is 2. The van der Waals surface area contributed by atoms with Gasteiger partial charge in [-0.2, -0.15) is 0 Å². The van der Waals surface area contributed by atoms with Gasteiger partial charge in [-0.15, -0.1) is 0 Å². The van der Waals surface area contributed by atoms with Crippen LogP contribution in [0.4, 0.5) is 0 Å². The summed E-state index contributed by atoms with van der Waals surface area (Å²) in [4.78, 5) is 47.6. The number of nitrogens with one attached hydrogen (secondary N) is 1. The van der Waals surface area contributed by atoms with E-state index in [1.54, 1.807) is 24.0 Å². The van der Waals surface area contributed by atoms with E-state index < -0.39 is 34.4 Å². The summed E-state index contributed by atoms with van der Waals surface area (Å²) in [7, 11) is 0. The molecule has 2 rings (SSSR count). The Balaban J connectivity index is 0.00000242. The summed E-state index contributed by atoms with van der Waals surface area (Å²) in [5, 5.41) is 18.2. The number of carbonyl (C=O) groups is 2. The van der Waals surface area contributed by atoms with Crippen molar-refractivity contribution in [3.63, 3.8) is 0 Å². The molecular formula is C13H11N2NaO6. The number of hydrogen-bond acceptors (Lipinski definition) is 4. The summed E-state index contributed by atoms with van der Waals surface area (Å²) in [6.45, 7) is 1.79. The van der Waals surface area contributed by atoms with Gasteiger partial charge in [0.15, 0.2) is 11.3 Å². The van der Waals surface area contributed by atoms with Crippen molar-refractivity contribution in [2.75, 3.05) is 0 Å². The molecule has 22 heavy (non-hydrogen) atoms. The molecule has 0 aliphatic heterocycles. The molecule has 1 heterocycles. The number of benzene rings is 1. The molecule has 0 bridgehead atoms. The number of aromatic carboxylic acids is 2. The molecule has 110 valence electrons. The number of H-pyrrole nitrogens is 1. The number of aromatic amines is 1. The van der Waals surface area contributed by atoms with Crippen LogP contribution in [0.5, 0.6) is 0 Å². The first-order chi connectivity index (χ1) is 9.82. The summed E-state index contributed by atoms with van der Waals surface area (Å²) in [5.74, 6) is -3.41. The molecule has 0 radical (unpaired) electrons. The van der Waals surface area contributed by atoms with Gasteiger partial charge in [-0.25, -0.2) is 14.4 Å². The van der Waals surface area contributed by atoms with Gasteiger partial charge in [0.05, 0.1) is 5.69 Å². The fourth-order valence-corrected chi connectivity index (χ4v) is 1.88. The standard InChI is InChI=1S/C13H10N2O6.Na.H/c1-6-2-4-7(5-3-6)15-9(12(19)20)8(11(17)18)10(16)14-13(15)21;;/h2-5H,1H3,(H,17,18)(H,19,20)(H,14,16,21);;. The first-order valence-electron chi connectivity index (χ1n) is 5.76. The van der Waals surface area contributed by atoms with Gasteiger partial charge in [-0.1, -0.05) is 17.7 Å². The van der Waals surface area contributed by atoms with E-state index in [1.165, 1.54) is 12.1 Å². The third-order valence-electron chi connectivity index (χ3n) is 2.82. The fraction of sp³-hybridized carbons (Fsp3) is 0.0769. The molecule has 1 aromatic carbocycles. The topological polar surface area (TPSA) is 129 Å². The quantitative estimate of drug-likeness (QED) is 0.660. The van der Waals surface area contributed by atoms with Crippen LogP contribution in [-0.2, 0) is 0 Å². The van der Waals surface area contributed by atoms with Gasteiger partial charge in [0.1, 0.15) is 0 Å². The molecule has 9 heteroatoms.